The topological polar surface area (TPSA) is 66.6 Å². The quantitative estimate of drug-likeness (QED) is 0.622. The highest BCUT2D eigenvalue weighted by Crippen LogP contribution is 2.10. The second-order valence-electron chi connectivity index (χ2n) is 3.49. The van der Waals surface area contributed by atoms with Crippen LogP contribution in [0.15, 0.2) is 0 Å². The molecule has 1 aliphatic rings. The Morgan fingerprint density at radius 2 is 1.85 bits per heavy atom. The Hall–Kier alpha value is -0.610. The van der Waals surface area contributed by atoms with Crippen LogP contribution >= 0.6 is 0 Å². The van der Waals surface area contributed by atoms with Crippen molar-refractivity contribution in [2.24, 2.45) is 5.73 Å². The van der Waals surface area contributed by atoms with Gasteiger partial charge in [0.05, 0.1) is 0 Å². The normalized spacial score (nSPS) is 20.9. The average molecular weight is 186 g/mol. The van der Waals surface area contributed by atoms with E-state index >= 15 is 0 Å². The summed E-state index contributed by atoms with van der Waals surface area (Å²) in [4.78, 5) is 13.2. The Morgan fingerprint density at radius 1 is 1.31 bits per heavy atom. The Labute approximate surface area is 78.7 Å². The van der Waals surface area contributed by atoms with Crippen molar-refractivity contribution < 1.29 is 9.90 Å². The molecule has 0 aromatic heterocycles. The monoisotopic (exact) mass is 186 g/mol. The minimum atomic E-state index is -1.00. The lowest BCUT2D eigenvalue weighted by atomic mass is 10.2. The number of rotatable bonds is 2. The van der Waals surface area contributed by atoms with E-state index in [9.17, 15) is 9.90 Å². The van der Waals surface area contributed by atoms with Crippen LogP contribution in [0.4, 0.5) is 0 Å². The third kappa shape index (κ3) is 2.97. The van der Waals surface area contributed by atoms with Gasteiger partial charge in [-0.1, -0.05) is 12.8 Å². The smallest absolute Gasteiger partial charge is 0.252 e. The number of likely N-dealkylation sites (tertiary alicyclic amines) is 1. The van der Waals surface area contributed by atoms with Gasteiger partial charge in [-0.05, 0) is 12.8 Å². The first-order valence-electron chi connectivity index (χ1n) is 4.92. The largest absolute Gasteiger partial charge is 0.382 e. The Morgan fingerprint density at radius 3 is 2.31 bits per heavy atom. The molecule has 0 aromatic rings. The molecule has 13 heavy (non-hydrogen) atoms. The summed E-state index contributed by atoms with van der Waals surface area (Å²) in [6.45, 7) is 1.57. The first-order chi connectivity index (χ1) is 6.25. The minimum absolute atomic E-state index is 0.0231. The molecular weight excluding hydrogens is 168 g/mol. The minimum Gasteiger partial charge on any atom is -0.382 e. The van der Waals surface area contributed by atoms with Gasteiger partial charge in [0.25, 0.3) is 5.91 Å². The molecule has 0 spiro atoms. The zero-order valence-corrected chi connectivity index (χ0v) is 7.91. The Balaban J connectivity index is 2.43. The van der Waals surface area contributed by atoms with Crippen molar-refractivity contribution in [3.63, 3.8) is 0 Å². The van der Waals surface area contributed by atoms with E-state index in [2.05, 4.69) is 0 Å². The van der Waals surface area contributed by atoms with Crippen molar-refractivity contribution in [1.29, 1.82) is 0 Å². The molecule has 0 aromatic carbocycles. The maximum Gasteiger partial charge on any atom is 0.252 e. The van der Waals surface area contributed by atoms with Crippen LogP contribution in [0.1, 0.15) is 25.7 Å². The molecule has 4 heteroatoms. The fourth-order valence-electron chi connectivity index (χ4n) is 1.60. The van der Waals surface area contributed by atoms with E-state index in [0.29, 0.717) is 0 Å². The van der Waals surface area contributed by atoms with Gasteiger partial charge in [0.1, 0.15) is 6.10 Å². The fourth-order valence-corrected chi connectivity index (χ4v) is 1.60. The molecule has 0 radical (unpaired) electrons. The number of amides is 1. The molecule has 1 unspecified atom stereocenters. The lowest BCUT2D eigenvalue weighted by Crippen LogP contribution is -2.43. The molecule has 3 N–H and O–H groups in total. The highest BCUT2D eigenvalue weighted by atomic mass is 16.3. The summed E-state index contributed by atoms with van der Waals surface area (Å²) < 4.78 is 0. The van der Waals surface area contributed by atoms with E-state index in [-0.39, 0.29) is 12.5 Å². The van der Waals surface area contributed by atoms with Gasteiger partial charge in [0, 0.05) is 19.6 Å². The van der Waals surface area contributed by atoms with Crippen molar-refractivity contribution in [3.8, 4) is 0 Å². The second-order valence-corrected chi connectivity index (χ2v) is 3.49. The van der Waals surface area contributed by atoms with E-state index in [0.717, 1.165) is 25.9 Å². The molecule has 76 valence electrons. The number of aliphatic hydroxyl groups is 1. The number of aliphatic hydroxyl groups excluding tert-OH is 1. The molecule has 0 aliphatic carbocycles. The van der Waals surface area contributed by atoms with Crippen LogP contribution in [0, 0.1) is 0 Å². The summed E-state index contributed by atoms with van der Waals surface area (Å²) >= 11 is 0. The van der Waals surface area contributed by atoms with Crippen LogP contribution < -0.4 is 5.73 Å². The molecule has 0 saturated carbocycles. The van der Waals surface area contributed by atoms with Crippen molar-refractivity contribution in [3.05, 3.63) is 0 Å². The number of nitrogens with zero attached hydrogens (tertiary/aromatic N) is 1. The molecule has 1 amide bonds. The average Bonchev–Trinajstić information content (AvgIpc) is 2.43. The second kappa shape index (κ2) is 5.19. The van der Waals surface area contributed by atoms with E-state index in [1.165, 1.54) is 12.8 Å². The van der Waals surface area contributed by atoms with Gasteiger partial charge in [-0.2, -0.15) is 0 Å². The number of hydrogen-bond acceptors (Lipinski definition) is 3. The van der Waals surface area contributed by atoms with Gasteiger partial charge in [-0.15, -0.1) is 0 Å². The summed E-state index contributed by atoms with van der Waals surface area (Å²) in [7, 11) is 0. The van der Waals surface area contributed by atoms with Gasteiger partial charge in [-0.25, -0.2) is 0 Å². The van der Waals surface area contributed by atoms with E-state index in [1.54, 1.807) is 4.90 Å². The molecule has 1 aliphatic heterocycles. The maximum atomic E-state index is 11.5. The third-order valence-electron chi connectivity index (χ3n) is 2.43. The van der Waals surface area contributed by atoms with E-state index in [4.69, 9.17) is 5.73 Å². The zero-order valence-electron chi connectivity index (χ0n) is 7.91. The molecule has 1 heterocycles. The number of hydrogen-bond donors (Lipinski definition) is 2. The number of nitrogens with two attached hydrogens (primary N) is 1. The highest BCUT2D eigenvalue weighted by Gasteiger charge is 2.21. The predicted octanol–water partition coefficient (Wildman–Crippen LogP) is -0.291. The van der Waals surface area contributed by atoms with Crippen LogP contribution in [0.2, 0.25) is 0 Å². The van der Waals surface area contributed by atoms with Crippen molar-refractivity contribution >= 4 is 5.91 Å². The molecule has 1 saturated heterocycles. The van der Waals surface area contributed by atoms with Crippen molar-refractivity contribution in [2.45, 2.75) is 31.8 Å². The third-order valence-corrected chi connectivity index (χ3v) is 2.43. The molecule has 1 rings (SSSR count). The molecule has 1 atom stereocenters. The molecule has 4 nitrogen and oxygen atoms in total. The highest BCUT2D eigenvalue weighted by molar-refractivity contribution is 5.80. The van der Waals surface area contributed by atoms with Gasteiger partial charge in [0.2, 0.25) is 0 Å². The lowest BCUT2D eigenvalue weighted by Gasteiger charge is -2.22. The summed E-state index contributed by atoms with van der Waals surface area (Å²) in [6.07, 6.45) is 3.45. The standard InChI is InChI=1S/C9H18N2O2/c10-7-8(12)9(13)11-5-3-1-2-4-6-11/h8,12H,1-7,10H2. The number of carbonyl (C=O) groups is 1. The van der Waals surface area contributed by atoms with Gasteiger partial charge >= 0.3 is 0 Å². The molecule has 1 fully saturated rings. The van der Waals surface area contributed by atoms with Gasteiger partial charge < -0.3 is 15.7 Å². The maximum absolute atomic E-state index is 11.5. The Bertz CT molecular complexity index is 165. The summed E-state index contributed by atoms with van der Waals surface area (Å²) in [5.74, 6) is -0.204. The van der Waals surface area contributed by atoms with Gasteiger partial charge in [0.15, 0.2) is 0 Å². The van der Waals surface area contributed by atoms with Crippen LogP contribution in [0.5, 0.6) is 0 Å². The van der Waals surface area contributed by atoms with Crippen LogP contribution in [0.25, 0.3) is 0 Å². The Kier molecular flexibility index (Phi) is 4.18. The summed E-state index contributed by atoms with van der Waals surface area (Å²) in [5.41, 5.74) is 5.22. The van der Waals surface area contributed by atoms with E-state index < -0.39 is 6.10 Å². The van der Waals surface area contributed by atoms with Crippen LogP contribution in [0.3, 0.4) is 0 Å². The van der Waals surface area contributed by atoms with Crippen LogP contribution in [-0.4, -0.2) is 41.7 Å². The van der Waals surface area contributed by atoms with Crippen molar-refractivity contribution in [1.82, 2.24) is 4.90 Å². The van der Waals surface area contributed by atoms with Crippen molar-refractivity contribution in [2.75, 3.05) is 19.6 Å². The fraction of sp³-hybridized carbons (Fsp3) is 0.889. The first-order valence-corrected chi connectivity index (χ1v) is 4.92. The lowest BCUT2D eigenvalue weighted by molar-refractivity contribution is -0.139. The van der Waals surface area contributed by atoms with E-state index in [1.807, 2.05) is 0 Å². The van der Waals surface area contributed by atoms with Gasteiger partial charge in [-0.3, -0.25) is 4.79 Å². The molecule has 0 bridgehead atoms. The zero-order chi connectivity index (χ0) is 9.68. The summed E-state index contributed by atoms with van der Waals surface area (Å²) in [6, 6.07) is 0. The number of carbonyl (C=O) groups excluding carboxylic acids is 1. The van der Waals surface area contributed by atoms with Crippen LogP contribution in [-0.2, 0) is 4.79 Å². The predicted molar refractivity (Wildman–Crippen MR) is 50.1 cm³/mol. The molecular formula is C9H18N2O2. The SMILES string of the molecule is NCC(O)C(=O)N1CCCCCC1. The summed E-state index contributed by atoms with van der Waals surface area (Å²) in [5, 5.41) is 9.25. The first kappa shape index (κ1) is 10.5.